The number of alkyl halides is 3. The summed E-state index contributed by atoms with van der Waals surface area (Å²) < 4.78 is 37.6. The highest BCUT2D eigenvalue weighted by Gasteiger charge is 2.40. The van der Waals surface area contributed by atoms with Crippen LogP contribution < -0.4 is 0 Å². The molecule has 1 saturated heterocycles. The van der Waals surface area contributed by atoms with E-state index in [9.17, 15) is 22.8 Å². The van der Waals surface area contributed by atoms with Gasteiger partial charge in [0, 0.05) is 30.5 Å². The maximum Gasteiger partial charge on any atom is 0.447 e. The third-order valence-electron chi connectivity index (χ3n) is 3.55. The maximum absolute atomic E-state index is 12.5. The van der Waals surface area contributed by atoms with Crippen molar-refractivity contribution in [2.24, 2.45) is 5.92 Å². The van der Waals surface area contributed by atoms with E-state index < -0.39 is 46.1 Å². The van der Waals surface area contributed by atoms with E-state index in [2.05, 4.69) is 4.98 Å². The summed E-state index contributed by atoms with van der Waals surface area (Å²) in [7, 11) is 0. The first-order valence-corrected chi connectivity index (χ1v) is 7.27. The number of carboxylic acid groups (broad SMARTS) is 1. The van der Waals surface area contributed by atoms with Gasteiger partial charge in [-0.05, 0) is 25.5 Å². The van der Waals surface area contributed by atoms with E-state index >= 15 is 0 Å². The van der Waals surface area contributed by atoms with Crippen LogP contribution >= 0.6 is 11.8 Å². The first-order valence-electron chi connectivity index (χ1n) is 6.45. The van der Waals surface area contributed by atoms with Crippen molar-refractivity contribution in [1.29, 1.82) is 0 Å². The third kappa shape index (κ3) is 3.52. The summed E-state index contributed by atoms with van der Waals surface area (Å²) in [6, 6.07) is 2.07. The van der Waals surface area contributed by atoms with E-state index in [1.54, 1.807) is 6.92 Å². The maximum atomic E-state index is 12.5. The van der Waals surface area contributed by atoms with E-state index in [0.29, 0.717) is 0 Å². The highest BCUT2D eigenvalue weighted by Crippen LogP contribution is 2.38. The van der Waals surface area contributed by atoms with Gasteiger partial charge >= 0.3 is 11.5 Å². The van der Waals surface area contributed by atoms with Crippen molar-refractivity contribution in [2.45, 2.75) is 29.9 Å². The molecule has 0 radical (unpaired) electrons. The Balaban J connectivity index is 2.26. The van der Waals surface area contributed by atoms with Crippen molar-refractivity contribution in [3.8, 4) is 0 Å². The third-order valence-corrected chi connectivity index (χ3v) is 4.30. The van der Waals surface area contributed by atoms with Crippen LogP contribution in [0.2, 0.25) is 0 Å². The molecule has 22 heavy (non-hydrogen) atoms. The molecule has 0 bridgehead atoms. The van der Waals surface area contributed by atoms with Crippen LogP contribution in [0.5, 0.6) is 0 Å². The fourth-order valence-corrected chi connectivity index (χ4v) is 3.05. The van der Waals surface area contributed by atoms with E-state index in [1.165, 1.54) is 23.2 Å². The van der Waals surface area contributed by atoms with Gasteiger partial charge in [-0.3, -0.25) is 9.59 Å². The zero-order chi connectivity index (χ0) is 16.5. The number of amides is 1. The Morgan fingerprint density at radius 1 is 1.45 bits per heavy atom. The number of rotatable bonds is 3. The van der Waals surface area contributed by atoms with Gasteiger partial charge in [-0.1, -0.05) is 0 Å². The summed E-state index contributed by atoms with van der Waals surface area (Å²) in [5.74, 6) is -2.35. The molecule has 5 nitrogen and oxygen atoms in total. The number of hydrogen-bond donors (Lipinski definition) is 1. The fourth-order valence-electron chi connectivity index (χ4n) is 2.46. The van der Waals surface area contributed by atoms with Crippen LogP contribution in [0.4, 0.5) is 13.2 Å². The number of halogens is 3. The van der Waals surface area contributed by atoms with Gasteiger partial charge in [0.1, 0.15) is 5.03 Å². The van der Waals surface area contributed by atoms with Gasteiger partial charge in [0.15, 0.2) is 0 Å². The van der Waals surface area contributed by atoms with Gasteiger partial charge < -0.3 is 10.0 Å². The quantitative estimate of drug-likeness (QED) is 0.861. The number of aliphatic carboxylic acids is 1. The number of hydrogen-bond acceptors (Lipinski definition) is 4. The SMILES string of the molecule is CC1C(C(=O)O)CCN1C(=O)c1cccnc1SC(F)(F)F. The summed E-state index contributed by atoms with van der Waals surface area (Å²) in [6.45, 7) is 1.78. The van der Waals surface area contributed by atoms with Gasteiger partial charge in [-0.25, -0.2) is 4.98 Å². The molecule has 2 unspecified atom stereocenters. The minimum absolute atomic E-state index is 0.164. The summed E-state index contributed by atoms with van der Waals surface area (Å²) in [6.07, 6.45) is 1.46. The molecule has 1 aromatic heterocycles. The van der Waals surface area contributed by atoms with Gasteiger partial charge in [0.05, 0.1) is 11.5 Å². The summed E-state index contributed by atoms with van der Waals surface area (Å²) in [5, 5.41) is 8.63. The summed E-state index contributed by atoms with van der Waals surface area (Å²) in [5.41, 5.74) is -4.72. The van der Waals surface area contributed by atoms with Crippen molar-refractivity contribution in [1.82, 2.24) is 9.88 Å². The van der Waals surface area contributed by atoms with Crippen LogP contribution in [0.15, 0.2) is 23.4 Å². The number of likely N-dealkylation sites (tertiary alicyclic amines) is 1. The summed E-state index contributed by atoms with van der Waals surface area (Å²) >= 11 is -0.452. The minimum atomic E-state index is -4.55. The second kappa shape index (κ2) is 6.15. The average Bonchev–Trinajstić information content (AvgIpc) is 2.78. The van der Waals surface area contributed by atoms with Gasteiger partial charge in [-0.15, -0.1) is 0 Å². The molecule has 1 N–H and O–H groups in total. The molecule has 1 fully saturated rings. The number of carboxylic acids is 1. The van der Waals surface area contributed by atoms with Crippen LogP contribution in [0.25, 0.3) is 0 Å². The molecule has 0 aromatic carbocycles. The molecule has 0 spiro atoms. The van der Waals surface area contributed by atoms with Gasteiger partial charge in [-0.2, -0.15) is 13.2 Å². The molecule has 2 rings (SSSR count). The molecule has 1 aliphatic heterocycles. The Bertz CT molecular complexity index is 594. The topological polar surface area (TPSA) is 70.5 Å². The predicted molar refractivity (Wildman–Crippen MR) is 72.4 cm³/mol. The van der Waals surface area contributed by atoms with Crippen molar-refractivity contribution in [2.75, 3.05) is 6.54 Å². The normalized spacial score (nSPS) is 21.9. The highest BCUT2D eigenvalue weighted by molar-refractivity contribution is 8.00. The van der Waals surface area contributed by atoms with Crippen LogP contribution in [0, 0.1) is 5.92 Å². The highest BCUT2D eigenvalue weighted by atomic mass is 32.2. The zero-order valence-electron chi connectivity index (χ0n) is 11.5. The first-order chi connectivity index (χ1) is 10.2. The van der Waals surface area contributed by atoms with E-state index in [4.69, 9.17) is 5.11 Å². The van der Waals surface area contributed by atoms with Crippen LogP contribution in [-0.2, 0) is 4.79 Å². The number of nitrogens with zero attached hydrogens (tertiary/aromatic N) is 2. The van der Waals surface area contributed by atoms with Crippen LogP contribution in [-0.4, -0.2) is 45.0 Å². The second-order valence-electron chi connectivity index (χ2n) is 4.88. The Kier molecular flexibility index (Phi) is 4.64. The Labute approximate surface area is 128 Å². The van der Waals surface area contributed by atoms with Crippen molar-refractivity contribution in [3.63, 3.8) is 0 Å². The lowest BCUT2D eigenvalue weighted by Gasteiger charge is -2.24. The molecule has 9 heteroatoms. The van der Waals surface area contributed by atoms with Crippen LogP contribution in [0.3, 0.4) is 0 Å². The van der Waals surface area contributed by atoms with Crippen molar-refractivity contribution in [3.05, 3.63) is 23.9 Å². The first kappa shape index (κ1) is 16.6. The smallest absolute Gasteiger partial charge is 0.447 e. The molecule has 1 amide bonds. The van der Waals surface area contributed by atoms with Crippen LogP contribution in [0.1, 0.15) is 23.7 Å². The standard InChI is InChI=1S/C13H13F3N2O3S/c1-7-8(12(20)21)4-6-18(7)11(19)9-3-2-5-17-10(9)22-13(14,15)16/h2-3,5,7-8H,4,6H2,1H3,(H,20,21). The molecular formula is C13H13F3N2O3S. The van der Waals surface area contributed by atoms with E-state index in [-0.39, 0.29) is 18.5 Å². The molecule has 120 valence electrons. The number of carbonyl (C=O) groups excluding carboxylic acids is 1. The summed E-state index contributed by atoms with van der Waals surface area (Å²) in [4.78, 5) is 28.4. The Hall–Kier alpha value is -1.77. The van der Waals surface area contributed by atoms with Gasteiger partial charge in [0.2, 0.25) is 0 Å². The number of pyridine rings is 1. The largest absolute Gasteiger partial charge is 0.481 e. The second-order valence-corrected chi connectivity index (χ2v) is 5.93. The Morgan fingerprint density at radius 2 is 2.14 bits per heavy atom. The average molecular weight is 334 g/mol. The van der Waals surface area contributed by atoms with Crippen molar-refractivity contribution < 1.29 is 27.9 Å². The molecular weight excluding hydrogens is 321 g/mol. The fraction of sp³-hybridized carbons (Fsp3) is 0.462. The van der Waals surface area contributed by atoms with Gasteiger partial charge in [0.25, 0.3) is 5.91 Å². The predicted octanol–water partition coefficient (Wildman–Crippen LogP) is 2.63. The van der Waals surface area contributed by atoms with Crippen molar-refractivity contribution >= 4 is 23.6 Å². The zero-order valence-corrected chi connectivity index (χ0v) is 12.3. The lowest BCUT2D eigenvalue weighted by Crippen LogP contribution is -2.38. The lowest BCUT2D eigenvalue weighted by molar-refractivity contribution is -0.142. The minimum Gasteiger partial charge on any atom is -0.481 e. The van der Waals surface area contributed by atoms with E-state index in [1.807, 2.05) is 0 Å². The Morgan fingerprint density at radius 3 is 2.68 bits per heavy atom. The number of aromatic nitrogens is 1. The monoisotopic (exact) mass is 334 g/mol. The molecule has 1 aromatic rings. The molecule has 0 saturated carbocycles. The lowest BCUT2D eigenvalue weighted by atomic mass is 10.0. The number of carbonyl (C=O) groups is 2. The molecule has 2 atom stereocenters. The number of thioether (sulfide) groups is 1. The molecule has 0 aliphatic carbocycles. The van der Waals surface area contributed by atoms with E-state index in [0.717, 1.165) is 0 Å². The molecule has 2 heterocycles. The molecule has 1 aliphatic rings.